The first-order valence-corrected chi connectivity index (χ1v) is 10.2. The van der Waals surface area contributed by atoms with E-state index in [0.717, 1.165) is 28.5 Å². The van der Waals surface area contributed by atoms with E-state index < -0.39 is 17.3 Å². The highest BCUT2D eigenvalue weighted by atomic mass is 16.4. The molecule has 31 heavy (non-hydrogen) atoms. The van der Waals surface area contributed by atoms with Crippen molar-refractivity contribution in [2.75, 3.05) is 18.0 Å². The lowest BCUT2D eigenvalue weighted by Crippen LogP contribution is -2.48. The monoisotopic (exact) mass is 426 g/mol. The van der Waals surface area contributed by atoms with Crippen molar-refractivity contribution >= 4 is 23.2 Å². The zero-order chi connectivity index (χ0) is 22.3. The SMILES string of the molecule is Cc1ccccc1Cn1c(N2CCCC(NC(=O)O)C2)nc2c1c(=O)n(C)c(=O)n2C. The molecule has 10 nitrogen and oxygen atoms in total. The lowest BCUT2D eigenvalue weighted by atomic mass is 10.1. The van der Waals surface area contributed by atoms with Crippen LogP contribution in [0.15, 0.2) is 33.9 Å². The third kappa shape index (κ3) is 3.69. The summed E-state index contributed by atoms with van der Waals surface area (Å²) in [7, 11) is 3.06. The number of nitrogens with one attached hydrogen (secondary N) is 1. The van der Waals surface area contributed by atoms with Crippen molar-refractivity contribution in [3.63, 3.8) is 0 Å². The van der Waals surface area contributed by atoms with Crippen LogP contribution < -0.4 is 21.5 Å². The van der Waals surface area contributed by atoms with Crippen LogP contribution >= 0.6 is 0 Å². The van der Waals surface area contributed by atoms with Gasteiger partial charge in [-0.05, 0) is 30.9 Å². The van der Waals surface area contributed by atoms with Crippen molar-refractivity contribution in [2.45, 2.75) is 32.4 Å². The number of carboxylic acid groups (broad SMARTS) is 1. The molecular formula is C21H26N6O4. The quantitative estimate of drug-likeness (QED) is 0.644. The molecule has 0 radical (unpaired) electrons. The minimum absolute atomic E-state index is 0.232. The van der Waals surface area contributed by atoms with Crippen molar-refractivity contribution in [3.05, 3.63) is 56.2 Å². The Labute approximate surface area is 178 Å². The van der Waals surface area contributed by atoms with Gasteiger partial charge in [-0.2, -0.15) is 4.98 Å². The zero-order valence-corrected chi connectivity index (χ0v) is 17.8. The van der Waals surface area contributed by atoms with Crippen LogP contribution in [-0.4, -0.2) is 49.0 Å². The number of piperidine rings is 1. The van der Waals surface area contributed by atoms with Crippen molar-refractivity contribution in [3.8, 4) is 0 Å². The van der Waals surface area contributed by atoms with E-state index in [1.165, 1.54) is 11.6 Å². The van der Waals surface area contributed by atoms with Crippen LogP contribution in [0, 0.1) is 6.92 Å². The lowest BCUT2D eigenvalue weighted by Gasteiger charge is -2.33. The molecule has 10 heteroatoms. The second kappa shape index (κ2) is 7.93. The number of amides is 1. The first kappa shape index (κ1) is 20.7. The van der Waals surface area contributed by atoms with Gasteiger partial charge in [0.2, 0.25) is 5.95 Å². The van der Waals surface area contributed by atoms with E-state index in [2.05, 4.69) is 5.32 Å². The van der Waals surface area contributed by atoms with Gasteiger partial charge in [-0.25, -0.2) is 9.59 Å². The van der Waals surface area contributed by atoms with Gasteiger partial charge in [0.15, 0.2) is 11.2 Å². The summed E-state index contributed by atoms with van der Waals surface area (Å²) in [4.78, 5) is 43.4. The van der Waals surface area contributed by atoms with Crippen molar-refractivity contribution < 1.29 is 9.90 Å². The van der Waals surface area contributed by atoms with Gasteiger partial charge in [0.25, 0.3) is 5.56 Å². The second-order valence-electron chi connectivity index (χ2n) is 8.04. The van der Waals surface area contributed by atoms with E-state index in [0.29, 0.717) is 36.7 Å². The number of imidazole rings is 1. The molecule has 1 aromatic carbocycles. The Hall–Kier alpha value is -3.56. The fourth-order valence-electron chi connectivity index (χ4n) is 4.24. The van der Waals surface area contributed by atoms with Gasteiger partial charge in [0.05, 0.1) is 6.54 Å². The summed E-state index contributed by atoms with van der Waals surface area (Å²) in [5.41, 5.74) is 1.97. The number of aryl methyl sites for hydroxylation is 2. The highest BCUT2D eigenvalue weighted by Gasteiger charge is 2.28. The Balaban J connectivity index is 1.90. The summed E-state index contributed by atoms with van der Waals surface area (Å²) in [6, 6.07) is 7.69. The summed E-state index contributed by atoms with van der Waals surface area (Å²) >= 11 is 0. The summed E-state index contributed by atoms with van der Waals surface area (Å²) in [5, 5.41) is 11.7. The molecule has 0 spiro atoms. The molecule has 4 rings (SSSR count). The lowest BCUT2D eigenvalue weighted by molar-refractivity contribution is 0.188. The Morgan fingerprint density at radius 2 is 1.97 bits per heavy atom. The third-order valence-corrected chi connectivity index (χ3v) is 5.95. The van der Waals surface area contributed by atoms with Gasteiger partial charge < -0.3 is 15.3 Å². The maximum absolute atomic E-state index is 13.1. The molecule has 1 amide bonds. The fraction of sp³-hybridized carbons (Fsp3) is 0.429. The molecule has 1 fully saturated rings. The number of carbonyl (C=O) groups is 1. The van der Waals surface area contributed by atoms with Gasteiger partial charge in [-0.1, -0.05) is 24.3 Å². The number of nitrogens with zero attached hydrogens (tertiary/aromatic N) is 5. The van der Waals surface area contributed by atoms with E-state index in [-0.39, 0.29) is 6.04 Å². The number of anilines is 1. The molecule has 0 saturated carbocycles. The van der Waals surface area contributed by atoms with Crippen molar-refractivity contribution in [1.29, 1.82) is 0 Å². The number of rotatable bonds is 4. The van der Waals surface area contributed by atoms with E-state index in [9.17, 15) is 14.4 Å². The molecule has 1 atom stereocenters. The standard InChI is InChI=1S/C21H26N6O4/c1-13-7-4-5-8-14(13)11-27-16-17(24(2)21(31)25(3)18(16)28)23-19(27)26-10-6-9-15(12-26)22-20(29)30/h4-5,7-8,15,22H,6,9-12H2,1-3H3,(H,29,30). The number of benzene rings is 1. The van der Waals surface area contributed by atoms with Gasteiger partial charge in [0, 0.05) is 33.2 Å². The number of hydrogen-bond acceptors (Lipinski definition) is 5. The molecule has 1 unspecified atom stereocenters. The van der Waals surface area contributed by atoms with Crippen LogP contribution in [0.4, 0.5) is 10.7 Å². The summed E-state index contributed by atoms with van der Waals surface area (Å²) < 4.78 is 4.32. The summed E-state index contributed by atoms with van der Waals surface area (Å²) in [6.45, 7) is 3.55. The first-order valence-electron chi connectivity index (χ1n) is 10.2. The molecular weight excluding hydrogens is 400 g/mol. The van der Waals surface area contributed by atoms with Gasteiger partial charge >= 0.3 is 11.8 Å². The molecule has 2 aromatic heterocycles. The van der Waals surface area contributed by atoms with Crippen molar-refractivity contribution in [2.24, 2.45) is 14.1 Å². The van der Waals surface area contributed by atoms with E-state index in [1.807, 2.05) is 40.7 Å². The van der Waals surface area contributed by atoms with Crippen LogP contribution in [-0.2, 0) is 20.6 Å². The predicted molar refractivity (Wildman–Crippen MR) is 117 cm³/mol. The van der Waals surface area contributed by atoms with Crippen LogP contribution in [0.25, 0.3) is 11.2 Å². The summed E-state index contributed by atoms with van der Waals surface area (Å²) in [6.07, 6.45) is 0.466. The Morgan fingerprint density at radius 3 is 2.68 bits per heavy atom. The summed E-state index contributed by atoms with van der Waals surface area (Å²) in [5.74, 6) is 0.563. The molecule has 1 aliphatic rings. The topological polar surface area (TPSA) is 114 Å². The van der Waals surface area contributed by atoms with E-state index >= 15 is 0 Å². The highest BCUT2D eigenvalue weighted by molar-refractivity contribution is 5.75. The van der Waals surface area contributed by atoms with E-state index in [4.69, 9.17) is 10.1 Å². The molecule has 3 aromatic rings. The Bertz CT molecular complexity index is 1270. The van der Waals surface area contributed by atoms with Crippen molar-refractivity contribution in [1.82, 2.24) is 24.0 Å². The van der Waals surface area contributed by atoms with Crippen LogP contribution in [0.2, 0.25) is 0 Å². The molecule has 1 aliphatic heterocycles. The molecule has 164 valence electrons. The minimum atomic E-state index is -1.06. The molecule has 1 saturated heterocycles. The predicted octanol–water partition coefficient (Wildman–Crippen LogP) is 1.03. The highest BCUT2D eigenvalue weighted by Crippen LogP contribution is 2.25. The van der Waals surface area contributed by atoms with Crippen LogP contribution in [0.1, 0.15) is 24.0 Å². The van der Waals surface area contributed by atoms with Gasteiger partial charge in [0.1, 0.15) is 0 Å². The van der Waals surface area contributed by atoms with Crippen LogP contribution in [0.5, 0.6) is 0 Å². The Kier molecular flexibility index (Phi) is 5.30. The number of fused-ring (bicyclic) bond motifs is 1. The molecule has 3 heterocycles. The molecule has 0 aliphatic carbocycles. The van der Waals surface area contributed by atoms with E-state index in [1.54, 1.807) is 7.05 Å². The maximum Gasteiger partial charge on any atom is 0.404 e. The first-order chi connectivity index (χ1) is 14.8. The average molecular weight is 426 g/mol. The largest absolute Gasteiger partial charge is 0.465 e. The average Bonchev–Trinajstić information content (AvgIpc) is 3.11. The normalized spacial score (nSPS) is 16.6. The molecule has 0 bridgehead atoms. The smallest absolute Gasteiger partial charge is 0.404 e. The minimum Gasteiger partial charge on any atom is -0.465 e. The number of aromatic nitrogens is 4. The molecule has 2 N–H and O–H groups in total. The second-order valence-corrected chi connectivity index (χ2v) is 8.04. The Morgan fingerprint density at radius 1 is 1.23 bits per heavy atom. The maximum atomic E-state index is 13.1. The van der Waals surface area contributed by atoms with Crippen LogP contribution in [0.3, 0.4) is 0 Å². The van der Waals surface area contributed by atoms with Gasteiger partial charge in [-0.15, -0.1) is 0 Å². The zero-order valence-electron chi connectivity index (χ0n) is 17.8. The fourth-order valence-corrected chi connectivity index (χ4v) is 4.24. The third-order valence-electron chi connectivity index (χ3n) is 5.95. The van der Waals surface area contributed by atoms with Gasteiger partial charge in [-0.3, -0.25) is 18.5 Å². The number of hydrogen-bond donors (Lipinski definition) is 2.